The van der Waals surface area contributed by atoms with Crippen molar-refractivity contribution in [3.63, 3.8) is 0 Å². The smallest absolute Gasteiger partial charge is 0.249 e. The van der Waals surface area contributed by atoms with Gasteiger partial charge in [0.1, 0.15) is 5.82 Å². The van der Waals surface area contributed by atoms with E-state index in [1.807, 2.05) is 12.1 Å². The molecule has 0 bridgehead atoms. The Morgan fingerprint density at radius 1 is 1.10 bits per heavy atom. The maximum absolute atomic E-state index is 13.9. The second-order valence-electron chi connectivity index (χ2n) is 7.34. The monoisotopic (exact) mass is 452 g/mol. The summed E-state index contributed by atoms with van der Waals surface area (Å²) in [7, 11) is 0. The Morgan fingerprint density at radius 3 is 2.69 bits per heavy atom. The molecule has 1 aromatic heterocycles. The van der Waals surface area contributed by atoms with Crippen LogP contribution in [0.1, 0.15) is 41.3 Å². The Bertz CT molecular complexity index is 1230. The highest BCUT2D eigenvalue weighted by atomic mass is 79.9. The number of hydrogen-bond donors (Lipinski definition) is 1. The fourth-order valence-electron chi connectivity index (χ4n) is 3.94. The molecular formula is C24H22BrFN2O. The largest absolute Gasteiger partial charge is 0.366 e. The number of benzene rings is 3. The van der Waals surface area contributed by atoms with Crippen LogP contribution in [-0.4, -0.2) is 10.5 Å². The lowest BCUT2D eigenvalue weighted by atomic mass is 10.0. The van der Waals surface area contributed by atoms with Gasteiger partial charge in [0.15, 0.2) is 0 Å². The predicted molar refractivity (Wildman–Crippen MR) is 120 cm³/mol. The molecule has 3 aromatic carbocycles. The van der Waals surface area contributed by atoms with Crippen molar-refractivity contribution in [3.05, 3.63) is 81.6 Å². The second-order valence-corrected chi connectivity index (χ2v) is 8.20. The molecule has 0 aliphatic heterocycles. The molecule has 0 aliphatic carbocycles. The van der Waals surface area contributed by atoms with E-state index in [-0.39, 0.29) is 5.82 Å². The second kappa shape index (κ2) is 7.99. The third kappa shape index (κ3) is 3.67. The highest BCUT2D eigenvalue weighted by Crippen LogP contribution is 2.34. The lowest BCUT2D eigenvalue weighted by Crippen LogP contribution is -2.11. The van der Waals surface area contributed by atoms with E-state index in [2.05, 4.69) is 45.6 Å². The Hall–Kier alpha value is -2.66. The van der Waals surface area contributed by atoms with E-state index >= 15 is 0 Å². The molecule has 3 nitrogen and oxygen atoms in total. The van der Waals surface area contributed by atoms with Crippen molar-refractivity contribution >= 4 is 43.6 Å². The van der Waals surface area contributed by atoms with E-state index in [4.69, 9.17) is 5.73 Å². The summed E-state index contributed by atoms with van der Waals surface area (Å²) in [6.07, 6.45) is 3.25. The van der Waals surface area contributed by atoms with Crippen molar-refractivity contribution in [1.82, 2.24) is 4.57 Å². The summed E-state index contributed by atoms with van der Waals surface area (Å²) >= 11 is 3.54. The molecule has 148 valence electrons. The average Bonchev–Trinajstić information content (AvgIpc) is 3.02. The number of hydrogen-bond acceptors (Lipinski definition) is 1. The third-order valence-electron chi connectivity index (χ3n) is 5.38. The Kier molecular flexibility index (Phi) is 5.41. The number of nitrogens with zero attached hydrogens (tertiary/aromatic N) is 1. The molecule has 4 aromatic rings. The molecule has 1 amide bonds. The van der Waals surface area contributed by atoms with Crippen molar-refractivity contribution in [1.29, 1.82) is 0 Å². The van der Waals surface area contributed by atoms with Gasteiger partial charge in [-0.15, -0.1) is 0 Å². The zero-order valence-corrected chi connectivity index (χ0v) is 17.8. The number of unbranched alkanes of at least 4 members (excludes halogenated alkanes) is 1. The van der Waals surface area contributed by atoms with E-state index < -0.39 is 5.91 Å². The third-order valence-corrected chi connectivity index (χ3v) is 6.15. The molecule has 0 saturated carbocycles. The number of carbonyl (C=O) groups is 1. The number of primary amides is 1. The Morgan fingerprint density at radius 2 is 1.93 bits per heavy atom. The predicted octanol–water partition coefficient (Wildman–Crippen LogP) is 6.19. The van der Waals surface area contributed by atoms with Gasteiger partial charge < -0.3 is 10.3 Å². The van der Waals surface area contributed by atoms with Gasteiger partial charge in [-0.2, -0.15) is 0 Å². The van der Waals surface area contributed by atoms with Gasteiger partial charge >= 0.3 is 0 Å². The van der Waals surface area contributed by atoms with Gasteiger partial charge in [0.25, 0.3) is 0 Å². The van der Waals surface area contributed by atoms with Crippen LogP contribution in [0, 0.1) is 5.82 Å². The van der Waals surface area contributed by atoms with E-state index in [9.17, 15) is 9.18 Å². The number of rotatable bonds is 6. The molecule has 0 atom stereocenters. The lowest BCUT2D eigenvalue weighted by molar-refractivity contribution is 0.100. The fourth-order valence-corrected chi connectivity index (χ4v) is 4.31. The maximum Gasteiger partial charge on any atom is 0.249 e. The van der Waals surface area contributed by atoms with Crippen LogP contribution in [-0.2, 0) is 13.0 Å². The summed E-state index contributed by atoms with van der Waals surface area (Å²) in [5, 5.41) is 1.84. The summed E-state index contributed by atoms with van der Waals surface area (Å²) in [6, 6.07) is 16.7. The zero-order chi connectivity index (χ0) is 20.5. The van der Waals surface area contributed by atoms with Crippen LogP contribution in [0.4, 0.5) is 4.39 Å². The first kappa shape index (κ1) is 19.6. The van der Waals surface area contributed by atoms with Gasteiger partial charge in [-0.05, 0) is 60.4 Å². The number of amides is 1. The molecule has 0 fully saturated rings. The van der Waals surface area contributed by atoms with Crippen molar-refractivity contribution < 1.29 is 9.18 Å². The minimum absolute atomic E-state index is 0.273. The van der Waals surface area contributed by atoms with Crippen molar-refractivity contribution in [2.75, 3.05) is 0 Å². The standard InChI is InChI=1S/C24H22BrFN2O/c1-2-3-5-15-8-10-18-22(12-15)28(14-16-13-17(26)9-11-20(16)25)21-7-4-6-19(23(18)21)24(27)29/h4,6-13H,2-3,5,14H2,1H3,(H2,27,29). The summed E-state index contributed by atoms with van der Waals surface area (Å²) in [4.78, 5) is 12.1. The van der Waals surface area contributed by atoms with Crippen molar-refractivity contribution in [2.45, 2.75) is 32.7 Å². The van der Waals surface area contributed by atoms with Crippen LogP contribution < -0.4 is 5.73 Å². The SMILES string of the molecule is CCCCc1ccc2c3c(C(N)=O)cccc3n(Cc3cc(F)ccc3Br)c2c1. The average molecular weight is 453 g/mol. The van der Waals surface area contributed by atoms with Crippen LogP contribution in [0.3, 0.4) is 0 Å². The fraction of sp³-hybridized carbons (Fsp3) is 0.208. The molecular weight excluding hydrogens is 431 g/mol. The first-order valence-corrected chi connectivity index (χ1v) is 10.6. The Balaban J connectivity index is 1.99. The zero-order valence-electron chi connectivity index (χ0n) is 16.2. The number of fused-ring (bicyclic) bond motifs is 3. The van der Waals surface area contributed by atoms with Crippen LogP contribution >= 0.6 is 15.9 Å². The van der Waals surface area contributed by atoms with E-state index in [1.165, 1.54) is 11.6 Å². The number of aryl methyl sites for hydroxylation is 1. The van der Waals surface area contributed by atoms with Gasteiger partial charge in [0.05, 0.1) is 5.52 Å². The van der Waals surface area contributed by atoms with Crippen molar-refractivity contribution in [2.24, 2.45) is 5.73 Å². The van der Waals surface area contributed by atoms with Gasteiger partial charge in [0, 0.05) is 32.9 Å². The molecule has 4 rings (SSSR count). The summed E-state index contributed by atoms with van der Waals surface area (Å²) < 4.78 is 16.9. The Labute approximate surface area is 177 Å². The quantitative estimate of drug-likeness (QED) is 0.372. The minimum atomic E-state index is -0.448. The van der Waals surface area contributed by atoms with Gasteiger partial charge in [0.2, 0.25) is 5.91 Å². The number of halogens is 2. The van der Waals surface area contributed by atoms with Crippen LogP contribution in [0.15, 0.2) is 59.1 Å². The number of carbonyl (C=O) groups excluding carboxylic acids is 1. The number of aromatic nitrogens is 1. The molecule has 1 heterocycles. The molecule has 0 saturated heterocycles. The topological polar surface area (TPSA) is 48.0 Å². The van der Waals surface area contributed by atoms with Gasteiger partial charge in [-0.3, -0.25) is 4.79 Å². The molecule has 0 spiro atoms. The van der Waals surface area contributed by atoms with Crippen LogP contribution in [0.2, 0.25) is 0 Å². The van der Waals surface area contributed by atoms with E-state index in [1.54, 1.807) is 18.2 Å². The summed E-state index contributed by atoms with van der Waals surface area (Å²) in [5.41, 5.74) is 10.2. The van der Waals surface area contributed by atoms with Crippen LogP contribution in [0.5, 0.6) is 0 Å². The van der Waals surface area contributed by atoms with Crippen LogP contribution in [0.25, 0.3) is 21.8 Å². The molecule has 0 aliphatic rings. The highest BCUT2D eigenvalue weighted by Gasteiger charge is 2.17. The summed E-state index contributed by atoms with van der Waals surface area (Å²) in [5.74, 6) is -0.720. The van der Waals surface area contributed by atoms with Gasteiger partial charge in [-0.1, -0.05) is 47.5 Å². The first-order chi connectivity index (χ1) is 14.0. The van der Waals surface area contributed by atoms with E-state index in [0.29, 0.717) is 12.1 Å². The van der Waals surface area contributed by atoms with Crippen molar-refractivity contribution in [3.8, 4) is 0 Å². The minimum Gasteiger partial charge on any atom is -0.366 e. The molecule has 2 N–H and O–H groups in total. The first-order valence-electron chi connectivity index (χ1n) is 9.77. The van der Waals surface area contributed by atoms with E-state index in [0.717, 1.165) is 51.1 Å². The lowest BCUT2D eigenvalue weighted by Gasteiger charge is -2.11. The molecule has 0 unspecified atom stereocenters. The maximum atomic E-state index is 13.9. The highest BCUT2D eigenvalue weighted by molar-refractivity contribution is 9.10. The summed E-state index contributed by atoms with van der Waals surface area (Å²) in [6.45, 7) is 2.66. The van der Waals surface area contributed by atoms with Gasteiger partial charge in [-0.25, -0.2) is 4.39 Å². The number of nitrogens with two attached hydrogens (primary N) is 1. The molecule has 0 radical (unpaired) electrons. The molecule has 5 heteroatoms. The normalized spacial score (nSPS) is 11.4. The molecule has 29 heavy (non-hydrogen) atoms.